The minimum Gasteiger partial charge on any atom is -0.349 e. The number of nitrogens with zero attached hydrogens (tertiary/aromatic N) is 7. The maximum absolute atomic E-state index is 13.8. The van der Waals surface area contributed by atoms with Gasteiger partial charge in [-0.05, 0) is 50.6 Å². The van der Waals surface area contributed by atoms with E-state index in [1.54, 1.807) is 24.7 Å². The fraction of sp³-hybridized carbons (Fsp3) is 0.104. The van der Waals surface area contributed by atoms with E-state index in [9.17, 15) is 9.59 Å². The Morgan fingerprint density at radius 3 is 2.03 bits per heavy atom. The minimum absolute atomic E-state index is 0.143. The van der Waals surface area contributed by atoms with Crippen LogP contribution in [0.2, 0.25) is 5.02 Å². The van der Waals surface area contributed by atoms with Crippen molar-refractivity contribution in [3.63, 3.8) is 0 Å². The van der Waals surface area contributed by atoms with E-state index in [-0.39, 0.29) is 11.1 Å². The summed E-state index contributed by atoms with van der Waals surface area (Å²) >= 11 is 7.61. The smallest absolute Gasteiger partial charge is 0.291 e. The van der Waals surface area contributed by atoms with E-state index < -0.39 is 0 Å². The number of aromatic nitrogens is 7. The Labute approximate surface area is 361 Å². The molecule has 5 aromatic heterocycles. The van der Waals surface area contributed by atoms with Gasteiger partial charge >= 0.3 is 0 Å². The molecule has 4 aromatic carbocycles. The molecule has 0 atom stereocenters. The highest BCUT2D eigenvalue weighted by molar-refractivity contribution is 7.13. The Kier molecular flexibility index (Phi) is 12.2. The zero-order valence-electron chi connectivity index (χ0n) is 33.6. The van der Waals surface area contributed by atoms with Gasteiger partial charge < -0.3 is 10.6 Å². The number of rotatable bonds is 10. The number of fused-ring (bicyclic) bond motifs is 1. The number of pyridine rings is 2. The fourth-order valence-electron chi connectivity index (χ4n) is 6.75. The van der Waals surface area contributed by atoms with Gasteiger partial charge in [0.25, 0.3) is 11.1 Å². The number of halogens is 1. The molecule has 0 spiro atoms. The molecule has 0 aliphatic carbocycles. The van der Waals surface area contributed by atoms with E-state index in [1.807, 2.05) is 148 Å². The molecule has 11 nitrogen and oxygen atoms in total. The van der Waals surface area contributed by atoms with Crippen LogP contribution >= 0.6 is 22.9 Å². The second-order valence-corrected chi connectivity index (χ2v) is 15.2. The average molecular weight is 842 g/mol. The standard InChI is InChI=1S/C30H22ClN5OS.C18H18N4O/c1-2-36-30(37)28(33-24-17-32-16-21-10-6-7-11-23(21)24)26(27(35-36)19-8-4-3-5-9-19)25-18-38-29(34-25)20-12-14-22(31)15-13-20;1-3-22-18(23)16(20-17-12-19-10-9-13(17)2)11-15(21-22)14-7-5-4-6-8-14/h3-18,33H,2H2,1H3;4-12,20H,3H2,1-2H3. The first-order valence-corrected chi connectivity index (χ1v) is 20.9. The first kappa shape index (κ1) is 40.5. The molecule has 0 saturated carbocycles. The fourth-order valence-corrected chi connectivity index (χ4v) is 7.69. The molecular weight excluding hydrogens is 802 g/mol. The van der Waals surface area contributed by atoms with Crippen LogP contribution in [0.5, 0.6) is 0 Å². The van der Waals surface area contributed by atoms with Gasteiger partial charge in [-0.1, -0.05) is 109 Å². The summed E-state index contributed by atoms with van der Waals surface area (Å²) < 4.78 is 2.95. The summed E-state index contributed by atoms with van der Waals surface area (Å²) in [5.41, 5.74) is 8.69. The number of benzene rings is 4. The number of aryl methyl sites for hydroxylation is 3. The third-order valence-electron chi connectivity index (χ3n) is 9.93. The highest BCUT2D eigenvalue weighted by Crippen LogP contribution is 2.39. The van der Waals surface area contributed by atoms with Crippen molar-refractivity contribution >= 4 is 56.5 Å². The van der Waals surface area contributed by atoms with Gasteiger partial charge in [-0.15, -0.1) is 11.3 Å². The van der Waals surface area contributed by atoms with Crippen molar-refractivity contribution in [1.82, 2.24) is 34.5 Å². The summed E-state index contributed by atoms with van der Waals surface area (Å²) in [6.07, 6.45) is 7.00. The number of nitrogens with one attached hydrogen (secondary N) is 2. The van der Waals surface area contributed by atoms with Gasteiger partial charge in [0.2, 0.25) is 0 Å². The van der Waals surface area contributed by atoms with E-state index in [4.69, 9.17) is 21.7 Å². The number of thiazole rings is 1. The molecule has 0 radical (unpaired) electrons. The molecule has 0 fully saturated rings. The molecule has 2 N–H and O–H groups in total. The molecular formula is C48H40ClN9O2S. The van der Waals surface area contributed by atoms with Crippen LogP contribution < -0.4 is 21.8 Å². The molecule has 5 heterocycles. The van der Waals surface area contributed by atoms with Crippen LogP contribution in [-0.4, -0.2) is 34.5 Å². The minimum atomic E-state index is -0.226. The lowest BCUT2D eigenvalue weighted by molar-refractivity contribution is 0.621. The zero-order valence-corrected chi connectivity index (χ0v) is 35.2. The van der Waals surface area contributed by atoms with Crippen molar-refractivity contribution in [2.75, 3.05) is 10.6 Å². The number of hydrogen-bond donors (Lipinski definition) is 2. The van der Waals surface area contributed by atoms with Gasteiger partial charge in [0.15, 0.2) is 0 Å². The summed E-state index contributed by atoms with van der Waals surface area (Å²) in [4.78, 5) is 39.8. The largest absolute Gasteiger partial charge is 0.349 e. The Balaban J connectivity index is 0.000000191. The Bertz CT molecular complexity index is 3070. The Hall–Kier alpha value is -7.28. The summed E-state index contributed by atoms with van der Waals surface area (Å²) in [6.45, 7) is 6.73. The molecule has 0 aliphatic rings. The van der Waals surface area contributed by atoms with Crippen molar-refractivity contribution < 1.29 is 0 Å². The molecule has 0 amide bonds. The lowest BCUT2D eigenvalue weighted by Crippen LogP contribution is -2.26. The second kappa shape index (κ2) is 18.3. The van der Waals surface area contributed by atoms with Crippen molar-refractivity contribution in [2.45, 2.75) is 33.9 Å². The van der Waals surface area contributed by atoms with Crippen LogP contribution in [0.4, 0.5) is 22.7 Å². The van der Waals surface area contributed by atoms with Crippen molar-refractivity contribution in [3.8, 4) is 44.3 Å². The first-order chi connectivity index (χ1) is 29.8. The van der Waals surface area contributed by atoms with E-state index in [0.29, 0.717) is 46.4 Å². The van der Waals surface area contributed by atoms with Gasteiger partial charge in [-0.3, -0.25) is 19.6 Å². The molecule has 0 saturated heterocycles. The predicted molar refractivity (Wildman–Crippen MR) is 248 cm³/mol. The molecule has 61 heavy (non-hydrogen) atoms. The molecule has 0 bridgehead atoms. The van der Waals surface area contributed by atoms with E-state index >= 15 is 0 Å². The monoisotopic (exact) mass is 841 g/mol. The van der Waals surface area contributed by atoms with Crippen LogP contribution in [0.1, 0.15) is 19.4 Å². The highest BCUT2D eigenvalue weighted by Gasteiger charge is 2.23. The number of hydrogen-bond acceptors (Lipinski definition) is 10. The van der Waals surface area contributed by atoms with Crippen molar-refractivity contribution in [3.05, 3.63) is 183 Å². The number of anilines is 4. The van der Waals surface area contributed by atoms with Crippen LogP contribution in [0.25, 0.3) is 55.1 Å². The van der Waals surface area contributed by atoms with Gasteiger partial charge in [-0.25, -0.2) is 14.3 Å². The third-order valence-corrected chi connectivity index (χ3v) is 11.1. The second-order valence-electron chi connectivity index (χ2n) is 13.9. The van der Waals surface area contributed by atoms with Gasteiger partial charge in [0, 0.05) is 63.3 Å². The van der Waals surface area contributed by atoms with Crippen molar-refractivity contribution in [1.29, 1.82) is 0 Å². The van der Waals surface area contributed by atoms with Crippen LogP contribution in [0.3, 0.4) is 0 Å². The summed E-state index contributed by atoms with van der Waals surface area (Å²) in [5.74, 6) is 0. The summed E-state index contributed by atoms with van der Waals surface area (Å²) in [5, 5.41) is 21.3. The third kappa shape index (κ3) is 8.86. The van der Waals surface area contributed by atoms with Gasteiger partial charge in [0.05, 0.1) is 40.7 Å². The normalized spacial score (nSPS) is 10.9. The van der Waals surface area contributed by atoms with Gasteiger partial charge in [-0.2, -0.15) is 10.2 Å². The first-order valence-electron chi connectivity index (χ1n) is 19.7. The van der Waals surface area contributed by atoms with E-state index in [0.717, 1.165) is 55.1 Å². The molecule has 9 aromatic rings. The van der Waals surface area contributed by atoms with E-state index in [1.165, 1.54) is 20.7 Å². The highest BCUT2D eigenvalue weighted by atomic mass is 35.5. The lowest BCUT2D eigenvalue weighted by Gasteiger charge is -2.17. The Morgan fingerprint density at radius 2 is 1.31 bits per heavy atom. The van der Waals surface area contributed by atoms with E-state index in [2.05, 4.69) is 25.7 Å². The topological polar surface area (TPSA) is 133 Å². The van der Waals surface area contributed by atoms with Crippen LogP contribution in [-0.2, 0) is 13.1 Å². The van der Waals surface area contributed by atoms with Crippen LogP contribution in [0.15, 0.2) is 161 Å². The summed E-state index contributed by atoms with van der Waals surface area (Å²) in [6, 6.07) is 38.9. The Morgan fingerprint density at radius 1 is 0.639 bits per heavy atom. The molecule has 13 heteroatoms. The van der Waals surface area contributed by atoms with Crippen molar-refractivity contribution in [2.24, 2.45) is 0 Å². The quantitative estimate of drug-likeness (QED) is 0.138. The molecule has 302 valence electrons. The van der Waals surface area contributed by atoms with Crippen LogP contribution in [0, 0.1) is 6.92 Å². The molecule has 0 unspecified atom stereocenters. The maximum Gasteiger partial charge on any atom is 0.291 e. The SMILES string of the molecule is CCn1nc(-c2ccccc2)c(-c2csc(-c3ccc(Cl)cc3)n2)c(Nc2cncc3ccccc23)c1=O.CCn1nc(-c2ccccc2)cc(Nc2cnccc2C)c1=O. The lowest BCUT2D eigenvalue weighted by atomic mass is 10.0. The molecule has 9 rings (SSSR count). The zero-order chi connectivity index (χ0) is 42.3. The predicted octanol–water partition coefficient (Wildman–Crippen LogP) is 11.0. The van der Waals surface area contributed by atoms with Gasteiger partial charge in [0.1, 0.15) is 22.1 Å². The average Bonchev–Trinajstić information content (AvgIpc) is 3.79. The maximum atomic E-state index is 13.8. The summed E-state index contributed by atoms with van der Waals surface area (Å²) in [7, 11) is 0. The molecule has 0 aliphatic heterocycles.